The molecule has 0 saturated heterocycles. The lowest BCUT2D eigenvalue weighted by Crippen LogP contribution is -2.42. The Morgan fingerprint density at radius 1 is 1.36 bits per heavy atom. The van der Waals surface area contributed by atoms with E-state index in [2.05, 4.69) is 25.3 Å². The van der Waals surface area contributed by atoms with Gasteiger partial charge in [0.25, 0.3) is 0 Å². The van der Waals surface area contributed by atoms with E-state index in [1.54, 1.807) is 36.9 Å². The van der Waals surface area contributed by atoms with Crippen molar-refractivity contribution in [3.05, 3.63) is 42.0 Å². The number of rotatable bonds is 3. The molecule has 0 spiro atoms. The lowest BCUT2D eigenvalue weighted by atomic mass is 10.0. The fourth-order valence-corrected chi connectivity index (χ4v) is 2.38. The summed E-state index contributed by atoms with van der Waals surface area (Å²) in [5.74, 6) is -0.0105. The monoisotopic (exact) mass is 344 g/mol. The predicted octanol–water partition coefficient (Wildman–Crippen LogP) is 0.889. The lowest BCUT2D eigenvalue weighted by Gasteiger charge is -2.26. The van der Waals surface area contributed by atoms with Gasteiger partial charge in [-0.3, -0.25) is 14.8 Å². The Labute approximate surface area is 140 Å². The maximum Gasteiger partial charge on any atom is 0.246 e. The summed E-state index contributed by atoms with van der Waals surface area (Å²) in [6.07, 6.45) is 7.41. The van der Waals surface area contributed by atoms with Crippen LogP contribution in [0.4, 0.5) is 0 Å². The third-order valence-electron chi connectivity index (χ3n) is 3.39. The van der Waals surface area contributed by atoms with Crippen LogP contribution in [0.1, 0.15) is 23.1 Å². The molecule has 9 heteroatoms. The minimum absolute atomic E-state index is 0. The van der Waals surface area contributed by atoms with Crippen molar-refractivity contribution in [1.82, 2.24) is 30.2 Å². The number of hydrogen-bond acceptors (Lipinski definition) is 5. The third-order valence-corrected chi connectivity index (χ3v) is 3.39. The van der Waals surface area contributed by atoms with E-state index in [-0.39, 0.29) is 36.8 Å². The Hall–Kier alpha value is -1.70. The molecular weight excluding hydrogens is 327 g/mol. The van der Waals surface area contributed by atoms with Gasteiger partial charge in [-0.15, -0.1) is 24.8 Å². The van der Waals surface area contributed by atoms with Crippen LogP contribution in [0.2, 0.25) is 0 Å². The second-order valence-electron chi connectivity index (χ2n) is 4.79. The first-order chi connectivity index (χ1) is 9.75. The smallest absolute Gasteiger partial charge is 0.246 e. The van der Waals surface area contributed by atoms with Gasteiger partial charge in [-0.2, -0.15) is 0 Å². The van der Waals surface area contributed by atoms with Crippen molar-refractivity contribution in [2.24, 2.45) is 0 Å². The van der Waals surface area contributed by atoms with Crippen molar-refractivity contribution in [3.8, 4) is 0 Å². The molecule has 7 nitrogen and oxygen atoms in total. The van der Waals surface area contributed by atoms with E-state index in [1.807, 2.05) is 0 Å². The highest BCUT2D eigenvalue weighted by molar-refractivity contribution is 5.85. The molecule has 0 aliphatic carbocycles. The van der Waals surface area contributed by atoms with Gasteiger partial charge in [0.05, 0.1) is 30.5 Å². The van der Waals surface area contributed by atoms with Crippen molar-refractivity contribution in [2.45, 2.75) is 19.0 Å². The number of hydrogen-bond donors (Lipinski definition) is 2. The van der Waals surface area contributed by atoms with Gasteiger partial charge in [-0.1, -0.05) is 0 Å². The van der Waals surface area contributed by atoms with Crippen LogP contribution in [0.15, 0.2) is 24.9 Å². The molecule has 3 heterocycles. The third kappa shape index (κ3) is 3.73. The summed E-state index contributed by atoms with van der Waals surface area (Å²) in [6.45, 7) is 1.20. The topological polar surface area (TPSA) is 86.8 Å². The molecule has 0 aromatic carbocycles. The number of fused-ring (bicyclic) bond motifs is 1. The second kappa shape index (κ2) is 8.07. The summed E-state index contributed by atoms with van der Waals surface area (Å²) in [4.78, 5) is 29.7. The SMILES string of the molecule is CN(Cc1cnccn1)C(=O)C1NCCc2[nH]cnc21.Cl.Cl. The van der Waals surface area contributed by atoms with Crippen molar-refractivity contribution in [3.63, 3.8) is 0 Å². The number of carbonyl (C=O) groups is 1. The first kappa shape index (κ1) is 18.3. The standard InChI is InChI=1S/C13H16N6O.2ClH/c1-19(7-9-6-14-4-5-15-9)13(20)12-11-10(2-3-16-12)17-8-18-11;;/h4-6,8,12,16H,2-3,7H2,1H3,(H,17,18);2*1H. The minimum atomic E-state index is -0.383. The average Bonchev–Trinajstić information content (AvgIpc) is 2.96. The van der Waals surface area contributed by atoms with Crippen LogP contribution >= 0.6 is 24.8 Å². The van der Waals surface area contributed by atoms with Crippen molar-refractivity contribution in [1.29, 1.82) is 0 Å². The number of amides is 1. The van der Waals surface area contributed by atoms with Crippen LogP contribution < -0.4 is 5.32 Å². The fourth-order valence-electron chi connectivity index (χ4n) is 2.38. The van der Waals surface area contributed by atoms with Gasteiger partial charge in [0, 0.05) is 38.1 Å². The number of halogens is 2. The van der Waals surface area contributed by atoms with Crippen LogP contribution in [0.25, 0.3) is 0 Å². The Balaban J connectivity index is 0.00000121. The van der Waals surface area contributed by atoms with E-state index in [0.717, 1.165) is 30.0 Å². The molecule has 1 aliphatic rings. The molecular formula is C13H18Cl2N6O. The largest absolute Gasteiger partial charge is 0.348 e. The molecule has 3 rings (SSSR count). The lowest BCUT2D eigenvalue weighted by molar-refractivity contribution is -0.133. The Kier molecular flexibility index (Phi) is 6.73. The number of aromatic nitrogens is 4. The molecule has 2 N–H and O–H groups in total. The van der Waals surface area contributed by atoms with Gasteiger partial charge in [-0.05, 0) is 0 Å². The van der Waals surface area contributed by atoms with E-state index in [1.165, 1.54) is 0 Å². The van der Waals surface area contributed by atoms with E-state index in [4.69, 9.17) is 0 Å². The molecule has 22 heavy (non-hydrogen) atoms. The molecule has 0 bridgehead atoms. The normalized spacial score (nSPS) is 16.0. The quantitative estimate of drug-likeness (QED) is 0.863. The number of aromatic amines is 1. The summed E-state index contributed by atoms with van der Waals surface area (Å²) < 4.78 is 0. The van der Waals surface area contributed by atoms with Crippen LogP contribution in [-0.4, -0.2) is 44.3 Å². The average molecular weight is 345 g/mol. The van der Waals surface area contributed by atoms with Crippen LogP contribution in [0, 0.1) is 0 Å². The first-order valence-corrected chi connectivity index (χ1v) is 6.51. The second-order valence-corrected chi connectivity index (χ2v) is 4.79. The minimum Gasteiger partial charge on any atom is -0.348 e. The maximum absolute atomic E-state index is 12.5. The van der Waals surface area contributed by atoms with Crippen molar-refractivity contribution in [2.75, 3.05) is 13.6 Å². The molecule has 120 valence electrons. The van der Waals surface area contributed by atoms with Gasteiger partial charge < -0.3 is 15.2 Å². The molecule has 0 fully saturated rings. The summed E-state index contributed by atoms with van der Waals surface area (Å²) >= 11 is 0. The fraction of sp³-hybridized carbons (Fsp3) is 0.385. The molecule has 2 aromatic rings. The Morgan fingerprint density at radius 2 is 2.18 bits per heavy atom. The molecule has 1 atom stereocenters. The van der Waals surface area contributed by atoms with Gasteiger partial charge in [0.1, 0.15) is 6.04 Å². The number of carbonyl (C=O) groups excluding carboxylic acids is 1. The Morgan fingerprint density at radius 3 is 2.91 bits per heavy atom. The summed E-state index contributed by atoms with van der Waals surface area (Å²) in [7, 11) is 1.76. The maximum atomic E-state index is 12.5. The first-order valence-electron chi connectivity index (χ1n) is 6.51. The highest BCUT2D eigenvalue weighted by Crippen LogP contribution is 2.21. The molecule has 0 radical (unpaired) electrons. The van der Waals surface area contributed by atoms with Crippen LogP contribution in [0.3, 0.4) is 0 Å². The molecule has 1 amide bonds. The summed E-state index contributed by atoms with van der Waals surface area (Å²) in [6, 6.07) is -0.383. The van der Waals surface area contributed by atoms with Gasteiger partial charge in [0.15, 0.2) is 0 Å². The van der Waals surface area contributed by atoms with Crippen LogP contribution in [0.5, 0.6) is 0 Å². The summed E-state index contributed by atoms with van der Waals surface area (Å²) in [5, 5.41) is 3.22. The molecule has 1 aliphatic heterocycles. The van der Waals surface area contributed by atoms with E-state index in [0.29, 0.717) is 6.54 Å². The van der Waals surface area contributed by atoms with Gasteiger partial charge in [0.2, 0.25) is 5.91 Å². The highest BCUT2D eigenvalue weighted by Gasteiger charge is 2.30. The Bertz CT molecular complexity index is 606. The van der Waals surface area contributed by atoms with Crippen LogP contribution in [-0.2, 0) is 17.8 Å². The highest BCUT2D eigenvalue weighted by atomic mass is 35.5. The predicted molar refractivity (Wildman–Crippen MR) is 86.0 cm³/mol. The number of H-pyrrole nitrogens is 1. The molecule has 2 aromatic heterocycles. The number of imidazole rings is 1. The number of likely N-dealkylation sites (N-methyl/N-ethyl adjacent to an activating group) is 1. The van der Waals surface area contributed by atoms with Gasteiger partial charge >= 0.3 is 0 Å². The van der Waals surface area contributed by atoms with E-state index in [9.17, 15) is 4.79 Å². The molecule has 1 unspecified atom stereocenters. The van der Waals surface area contributed by atoms with Crippen molar-refractivity contribution < 1.29 is 4.79 Å². The van der Waals surface area contributed by atoms with E-state index >= 15 is 0 Å². The summed E-state index contributed by atoms with van der Waals surface area (Å²) in [5.41, 5.74) is 2.60. The molecule has 0 saturated carbocycles. The zero-order valence-corrected chi connectivity index (χ0v) is 13.7. The zero-order valence-electron chi connectivity index (χ0n) is 12.0. The van der Waals surface area contributed by atoms with Gasteiger partial charge in [-0.25, -0.2) is 4.98 Å². The number of nitrogens with zero attached hydrogens (tertiary/aromatic N) is 4. The van der Waals surface area contributed by atoms with E-state index < -0.39 is 0 Å². The zero-order chi connectivity index (χ0) is 13.9. The van der Waals surface area contributed by atoms with Crippen molar-refractivity contribution >= 4 is 30.7 Å². The number of nitrogens with one attached hydrogen (secondary N) is 2.